The molecule has 186 valence electrons. The van der Waals surface area contributed by atoms with Crippen molar-refractivity contribution < 1.29 is 5.11 Å². The van der Waals surface area contributed by atoms with E-state index in [2.05, 4.69) is 47.5 Å². The fourth-order valence-electron chi connectivity index (χ4n) is 4.23. The fraction of sp³-hybridized carbons (Fsp3) is 0.103. The molecule has 1 aromatic heterocycles. The molecule has 1 unspecified atom stereocenters. The molecule has 0 aliphatic carbocycles. The van der Waals surface area contributed by atoms with Crippen molar-refractivity contribution in [3.63, 3.8) is 0 Å². The number of aliphatic hydroxyl groups is 1. The Morgan fingerprint density at radius 3 is 2.22 bits per heavy atom. The van der Waals surface area contributed by atoms with Crippen LogP contribution in [0.25, 0.3) is 11.3 Å². The molecule has 0 aliphatic heterocycles. The van der Waals surface area contributed by atoms with Crippen LogP contribution in [0.15, 0.2) is 112 Å². The van der Waals surface area contributed by atoms with Crippen molar-refractivity contribution in [2.45, 2.75) is 12.1 Å². The van der Waals surface area contributed by atoms with Gasteiger partial charge in [0, 0.05) is 25.2 Å². The number of nitrogens with one attached hydrogen (secondary N) is 1. The van der Waals surface area contributed by atoms with Gasteiger partial charge in [0.15, 0.2) is 5.60 Å². The minimum atomic E-state index is -1.52. The van der Waals surface area contributed by atoms with Crippen molar-refractivity contribution in [2.24, 2.45) is 0 Å². The molecule has 5 rings (SSSR count). The molecule has 5 nitrogen and oxygen atoms in total. The van der Waals surface area contributed by atoms with Gasteiger partial charge in [-0.3, -0.25) is 0 Å². The molecule has 1 atom stereocenters. The molecule has 37 heavy (non-hydrogen) atoms. The standard InChI is InChI=1S/C29H23Br2ClN4O/c30-23-14-10-21(11-15-23)27-28(34-35-36(27)18-20-6-2-1-3-7-20)29(37,22-12-16-24(32)17-13-22)19-33-26-9-5-4-8-25(26)31/h1-17,33,37H,18-19H2. The minimum absolute atomic E-state index is 0.158. The maximum absolute atomic E-state index is 12.4. The lowest BCUT2D eigenvalue weighted by molar-refractivity contribution is 0.0907. The van der Waals surface area contributed by atoms with Gasteiger partial charge >= 0.3 is 0 Å². The van der Waals surface area contributed by atoms with Crippen LogP contribution in [0.1, 0.15) is 16.8 Å². The summed E-state index contributed by atoms with van der Waals surface area (Å²) in [5.41, 5.74) is 3.16. The SMILES string of the molecule is OC(CNc1ccccc1Br)(c1ccc(Cl)cc1)c1nnn(Cc2ccccc2)c1-c1ccc(Br)cc1. The van der Waals surface area contributed by atoms with Gasteiger partial charge in [0.25, 0.3) is 0 Å². The molecule has 0 spiro atoms. The lowest BCUT2D eigenvalue weighted by Crippen LogP contribution is -2.36. The van der Waals surface area contributed by atoms with E-state index in [1.807, 2.05) is 95.7 Å². The number of para-hydroxylation sites is 1. The molecular formula is C29H23Br2ClN4O. The Morgan fingerprint density at radius 1 is 0.838 bits per heavy atom. The van der Waals surface area contributed by atoms with Crippen molar-refractivity contribution >= 4 is 49.1 Å². The van der Waals surface area contributed by atoms with Gasteiger partial charge in [0.05, 0.1) is 18.8 Å². The number of aromatic nitrogens is 3. The lowest BCUT2D eigenvalue weighted by Gasteiger charge is -2.29. The van der Waals surface area contributed by atoms with E-state index in [4.69, 9.17) is 11.6 Å². The molecule has 5 aromatic rings. The van der Waals surface area contributed by atoms with Crippen LogP contribution in [0.2, 0.25) is 5.02 Å². The fourth-order valence-corrected chi connectivity index (χ4v) is 5.04. The van der Waals surface area contributed by atoms with Crippen LogP contribution in [-0.2, 0) is 12.1 Å². The molecule has 0 saturated heterocycles. The van der Waals surface area contributed by atoms with E-state index in [9.17, 15) is 5.11 Å². The molecule has 0 fully saturated rings. The van der Waals surface area contributed by atoms with Gasteiger partial charge in [0.2, 0.25) is 0 Å². The Kier molecular flexibility index (Phi) is 7.76. The average molecular weight is 639 g/mol. The van der Waals surface area contributed by atoms with E-state index in [1.54, 1.807) is 12.1 Å². The maximum Gasteiger partial charge on any atom is 0.153 e. The zero-order valence-corrected chi connectivity index (χ0v) is 23.6. The number of hydrogen-bond donors (Lipinski definition) is 2. The van der Waals surface area contributed by atoms with Crippen molar-refractivity contribution in [3.8, 4) is 11.3 Å². The van der Waals surface area contributed by atoms with Gasteiger partial charge in [-0.05, 0) is 63.5 Å². The Hall–Kier alpha value is -2.97. The summed E-state index contributed by atoms with van der Waals surface area (Å²) in [6, 6.07) is 33.0. The van der Waals surface area contributed by atoms with E-state index in [-0.39, 0.29) is 6.54 Å². The van der Waals surface area contributed by atoms with Gasteiger partial charge in [0.1, 0.15) is 5.69 Å². The first-order chi connectivity index (χ1) is 17.9. The third kappa shape index (κ3) is 5.65. The van der Waals surface area contributed by atoms with Crippen molar-refractivity contribution in [3.05, 3.63) is 134 Å². The van der Waals surface area contributed by atoms with Gasteiger partial charge in [-0.1, -0.05) is 99.5 Å². The molecule has 0 aliphatic rings. The Morgan fingerprint density at radius 2 is 1.51 bits per heavy atom. The Labute approximate surface area is 237 Å². The summed E-state index contributed by atoms with van der Waals surface area (Å²) in [5, 5.41) is 25.5. The second-order valence-electron chi connectivity index (χ2n) is 8.64. The van der Waals surface area contributed by atoms with E-state index < -0.39 is 5.60 Å². The van der Waals surface area contributed by atoms with Crippen molar-refractivity contribution in [2.75, 3.05) is 11.9 Å². The lowest BCUT2D eigenvalue weighted by atomic mass is 9.87. The number of anilines is 1. The van der Waals surface area contributed by atoms with Gasteiger partial charge in [-0.15, -0.1) is 5.10 Å². The van der Waals surface area contributed by atoms with E-state index in [0.717, 1.165) is 31.5 Å². The average Bonchev–Trinajstić information content (AvgIpc) is 3.33. The van der Waals surface area contributed by atoms with Crippen LogP contribution >= 0.6 is 43.5 Å². The second-order valence-corrected chi connectivity index (χ2v) is 10.8. The van der Waals surface area contributed by atoms with Gasteiger partial charge < -0.3 is 10.4 Å². The van der Waals surface area contributed by atoms with Crippen LogP contribution in [0.5, 0.6) is 0 Å². The highest BCUT2D eigenvalue weighted by molar-refractivity contribution is 9.10. The molecule has 8 heteroatoms. The normalized spacial score (nSPS) is 12.8. The zero-order chi connectivity index (χ0) is 25.8. The summed E-state index contributed by atoms with van der Waals surface area (Å²) < 4.78 is 3.70. The first kappa shape index (κ1) is 25.7. The summed E-state index contributed by atoms with van der Waals surface area (Å²) in [4.78, 5) is 0. The predicted molar refractivity (Wildman–Crippen MR) is 156 cm³/mol. The smallest absolute Gasteiger partial charge is 0.153 e. The highest BCUT2D eigenvalue weighted by Crippen LogP contribution is 2.37. The van der Waals surface area contributed by atoms with Gasteiger partial charge in [-0.2, -0.15) is 0 Å². The number of halogens is 3. The minimum Gasteiger partial charge on any atom is -0.380 e. The molecule has 0 amide bonds. The number of benzene rings is 4. The number of nitrogens with zero attached hydrogens (tertiary/aromatic N) is 3. The van der Waals surface area contributed by atoms with Gasteiger partial charge in [-0.25, -0.2) is 4.68 Å². The van der Waals surface area contributed by atoms with E-state index in [1.165, 1.54) is 0 Å². The highest BCUT2D eigenvalue weighted by atomic mass is 79.9. The van der Waals surface area contributed by atoms with Crippen LogP contribution in [0.4, 0.5) is 5.69 Å². The number of hydrogen-bond acceptors (Lipinski definition) is 4. The molecule has 0 bridgehead atoms. The molecule has 1 heterocycles. The summed E-state index contributed by atoms with van der Waals surface area (Å²) in [6.45, 7) is 0.665. The van der Waals surface area contributed by atoms with Crippen LogP contribution in [0.3, 0.4) is 0 Å². The quantitative estimate of drug-likeness (QED) is 0.185. The van der Waals surface area contributed by atoms with Crippen LogP contribution in [0, 0.1) is 0 Å². The number of rotatable bonds is 8. The predicted octanol–water partition coefficient (Wildman–Crippen LogP) is 7.52. The zero-order valence-electron chi connectivity index (χ0n) is 19.7. The third-order valence-corrected chi connectivity index (χ3v) is 7.62. The van der Waals surface area contributed by atoms with E-state index in [0.29, 0.717) is 22.8 Å². The van der Waals surface area contributed by atoms with Crippen LogP contribution < -0.4 is 5.32 Å². The molecule has 0 saturated carbocycles. The highest BCUT2D eigenvalue weighted by Gasteiger charge is 2.38. The Balaban J connectivity index is 1.65. The summed E-state index contributed by atoms with van der Waals surface area (Å²) >= 11 is 13.3. The largest absolute Gasteiger partial charge is 0.380 e. The maximum atomic E-state index is 12.4. The Bertz CT molecular complexity index is 1490. The summed E-state index contributed by atoms with van der Waals surface area (Å²) in [6.07, 6.45) is 0. The molecule has 2 N–H and O–H groups in total. The molecule has 4 aromatic carbocycles. The van der Waals surface area contributed by atoms with Crippen molar-refractivity contribution in [1.82, 2.24) is 15.0 Å². The first-order valence-electron chi connectivity index (χ1n) is 11.6. The van der Waals surface area contributed by atoms with Crippen LogP contribution in [-0.4, -0.2) is 26.6 Å². The molecular weight excluding hydrogens is 616 g/mol. The first-order valence-corrected chi connectivity index (χ1v) is 13.6. The second kappa shape index (κ2) is 11.2. The monoisotopic (exact) mass is 636 g/mol. The molecule has 0 radical (unpaired) electrons. The summed E-state index contributed by atoms with van der Waals surface area (Å²) in [7, 11) is 0. The summed E-state index contributed by atoms with van der Waals surface area (Å²) in [5.74, 6) is 0. The van der Waals surface area contributed by atoms with E-state index >= 15 is 0 Å². The third-order valence-electron chi connectivity index (χ3n) is 6.15. The topological polar surface area (TPSA) is 63.0 Å². The van der Waals surface area contributed by atoms with Crippen molar-refractivity contribution in [1.29, 1.82) is 0 Å².